The molecule has 0 bridgehead atoms. The Labute approximate surface area is 217 Å². The fourth-order valence-corrected chi connectivity index (χ4v) is 4.95. The molecule has 0 aromatic heterocycles. The molecule has 2 N–H and O–H groups in total. The average Bonchev–Trinajstić information content (AvgIpc) is 3.43. The molecule has 0 spiro atoms. The Bertz CT molecular complexity index is 1010. The van der Waals surface area contributed by atoms with Gasteiger partial charge in [-0.05, 0) is 43.2 Å². The van der Waals surface area contributed by atoms with Gasteiger partial charge in [0.05, 0.1) is 17.0 Å². The number of hydrogen-bond donors (Lipinski definition) is 2. The van der Waals surface area contributed by atoms with E-state index in [1.165, 1.54) is 4.90 Å². The van der Waals surface area contributed by atoms with Crippen LogP contribution >= 0.6 is 11.6 Å². The number of cyclic esters (lactones) is 1. The van der Waals surface area contributed by atoms with Gasteiger partial charge < -0.3 is 25.0 Å². The maximum atomic E-state index is 13.7. The number of carbonyl (C=O) groups excluding carboxylic acids is 4. The maximum absolute atomic E-state index is 13.7. The van der Waals surface area contributed by atoms with E-state index in [0.717, 1.165) is 5.56 Å². The number of halogens is 1. The summed E-state index contributed by atoms with van der Waals surface area (Å²) in [5, 5.41) is 6.07. The molecule has 0 unspecified atom stereocenters. The monoisotopic (exact) mass is 521 g/mol. The van der Waals surface area contributed by atoms with Gasteiger partial charge in [-0.1, -0.05) is 51.4 Å². The minimum absolute atomic E-state index is 0.00926. The lowest BCUT2D eigenvalue weighted by Gasteiger charge is -2.35. The van der Waals surface area contributed by atoms with Gasteiger partial charge in [0.15, 0.2) is 0 Å². The first-order chi connectivity index (χ1) is 17.0. The minimum atomic E-state index is -0.882. The summed E-state index contributed by atoms with van der Waals surface area (Å²) in [5.41, 5.74) is 0.525. The zero-order valence-corrected chi connectivity index (χ0v) is 22.3. The number of amides is 3. The highest BCUT2D eigenvalue weighted by Gasteiger charge is 2.44. The molecule has 2 heterocycles. The Kier molecular flexibility index (Phi) is 9.00. The third-order valence-electron chi connectivity index (χ3n) is 6.55. The number of ether oxygens (including phenoxy) is 2. The molecular weight excluding hydrogens is 486 g/mol. The van der Waals surface area contributed by atoms with Crippen LogP contribution in [0, 0.1) is 5.41 Å². The number of esters is 1. The Balaban J connectivity index is 1.76. The van der Waals surface area contributed by atoms with E-state index >= 15 is 0 Å². The van der Waals surface area contributed by atoms with Crippen LogP contribution in [0.25, 0.3) is 0 Å². The number of nitrogens with one attached hydrogen (secondary N) is 2. The average molecular weight is 522 g/mol. The summed E-state index contributed by atoms with van der Waals surface area (Å²) in [4.78, 5) is 53.3. The van der Waals surface area contributed by atoms with E-state index in [-0.39, 0.29) is 18.2 Å². The van der Waals surface area contributed by atoms with Gasteiger partial charge in [0.25, 0.3) is 5.91 Å². The maximum Gasteiger partial charge on any atom is 0.310 e. The summed E-state index contributed by atoms with van der Waals surface area (Å²) in [7, 11) is 0. The number of nitrogens with zero attached hydrogens (tertiary/aromatic N) is 1. The van der Waals surface area contributed by atoms with Crippen LogP contribution in [0.5, 0.6) is 0 Å². The molecule has 0 radical (unpaired) electrons. The lowest BCUT2D eigenvalue weighted by atomic mass is 9.85. The van der Waals surface area contributed by atoms with Crippen molar-refractivity contribution < 1.29 is 28.7 Å². The Morgan fingerprint density at radius 1 is 1.25 bits per heavy atom. The zero-order chi connectivity index (χ0) is 26.6. The topological polar surface area (TPSA) is 114 Å². The quantitative estimate of drug-likeness (QED) is 0.508. The molecule has 0 aliphatic carbocycles. The Hall–Kier alpha value is -2.65. The third kappa shape index (κ3) is 6.18. The predicted molar refractivity (Wildman–Crippen MR) is 134 cm³/mol. The first-order valence-electron chi connectivity index (χ1n) is 12.5. The van der Waals surface area contributed by atoms with Gasteiger partial charge in [0, 0.05) is 13.2 Å². The molecule has 0 saturated carbocycles. The number of hydrogen-bond acceptors (Lipinski definition) is 6. The largest absolute Gasteiger partial charge is 0.433 e. The summed E-state index contributed by atoms with van der Waals surface area (Å²) in [5.74, 6) is -1.59. The highest BCUT2D eigenvalue weighted by atomic mass is 35.5. The molecule has 2 aliphatic heterocycles. The summed E-state index contributed by atoms with van der Waals surface area (Å²) < 4.78 is 10.6. The van der Waals surface area contributed by atoms with Crippen molar-refractivity contribution in [3.63, 3.8) is 0 Å². The van der Waals surface area contributed by atoms with E-state index in [2.05, 4.69) is 10.6 Å². The molecule has 198 valence electrons. The molecule has 2 aliphatic rings. The highest BCUT2D eigenvalue weighted by molar-refractivity contribution is 6.34. The van der Waals surface area contributed by atoms with E-state index in [1.807, 2.05) is 33.8 Å². The SMILES string of the molecule is CCO[C@@H]1OC(=O)C[C@H]1NC(=O)[C@@H]1CCCN1C(=O)[C@@H](NC(=O)c1cccc(CC)c1Cl)C(C)(C)C. The van der Waals surface area contributed by atoms with E-state index in [1.54, 1.807) is 19.1 Å². The molecule has 9 nitrogen and oxygen atoms in total. The number of rotatable bonds is 8. The summed E-state index contributed by atoms with van der Waals surface area (Å²) in [6.45, 7) is 10.0. The summed E-state index contributed by atoms with van der Waals surface area (Å²) in [6.07, 6.45) is 0.965. The van der Waals surface area contributed by atoms with E-state index < -0.39 is 41.7 Å². The third-order valence-corrected chi connectivity index (χ3v) is 7.00. The van der Waals surface area contributed by atoms with Gasteiger partial charge in [0.1, 0.15) is 18.1 Å². The van der Waals surface area contributed by atoms with Crippen molar-refractivity contribution in [1.29, 1.82) is 0 Å². The second-order valence-electron chi connectivity index (χ2n) is 10.2. The fourth-order valence-electron chi connectivity index (χ4n) is 4.60. The highest BCUT2D eigenvalue weighted by Crippen LogP contribution is 2.28. The van der Waals surface area contributed by atoms with Gasteiger partial charge in [-0.2, -0.15) is 0 Å². The molecule has 10 heteroatoms. The van der Waals surface area contributed by atoms with Crippen LogP contribution in [-0.4, -0.2) is 66.2 Å². The van der Waals surface area contributed by atoms with Crippen molar-refractivity contribution in [2.75, 3.05) is 13.2 Å². The second kappa shape index (κ2) is 11.6. The molecular formula is C26H36ClN3O6. The number of likely N-dealkylation sites (tertiary alicyclic amines) is 1. The number of aryl methyl sites for hydroxylation is 1. The van der Waals surface area contributed by atoms with E-state index in [4.69, 9.17) is 21.1 Å². The van der Waals surface area contributed by atoms with Crippen LogP contribution in [0.3, 0.4) is 0 Å². The van der Waals surface area contributed by atoms with Gasteiger partial charge >= 0.3 is 5.97 Å². The lowest BCUT2D eigenvalue weighted by molar-refractivity contribution is -0.164. The van der Waals surface area contributed by atoms with Crippen LogP contribution in [0.4, 0.5) is 0 Å². The van der Waals surface area contributed by atoms with Crippen molar-refractivity contribution in [2.24, 2.45) is 5.41 Å². The van der Waals surface area contributed by atoms with Crippen molar-refractivity contribution in [3.8, 4) is 0 Å². The number of carbonyl (C=O) groups is 4. The van der Waals surface area contributed by atoms with Gasteiger partial charge in [0.2, 0.25) is 18.1 Å². The molecule has 3 amide bonds. The van der Waals surface area contributed by atoms with E-state index in [0.29, 0.717) is 43.0 Å². The van der Waals surface area contributed by atoms with Crippen LogP contribution in [0.2, 0.25) is 5.02 Å². The molecule has 1 aromatic carbocycles. The summed E-state index contributed by atoms with van der Waals surface area (Å²) in [6, 6.07) is 3.04. The van der Waals surface area contributed by atoms with Crippen molar-refractivity contribution in [3.05, 3.63) is 34.3 Å². The standard InChI is InChI=1S/C26H36ClN3O6/c1-6-15-10-8-11-16(20(15)27)22(32)29-21(26(3,4)5)24(34)30-13-9-12-18(30)23(33)28-17-14-19(31)36-25(17)35-7-2/h8,10-11,17-18,21,25H,6-7,9,12-14H2,1-5H3,(H,28,33)(H,29,32)/t17-,18+,21-,25-/m1/s1. The van der Waals surface area contributed by atoms with Crippen LogP contribution in [0.1, 0.15) is 69.8 Å². The zero-order valence-electron chi connectivity index (χ0n) is 21.6. The van der Waals surface area contributed by atoms with Crippen molar-refractivity contribution in [1.82, 2.24) is 15.5 Å². The predicted octanol–water partition coefficient (Wildman–Crippen LogP) is 2.83. The van der Waals surface area contributed by atoms with Gasteiger partial charge in [-0.25, -0.2) is 0 Å². The molecule has 1 aromatic rings. The smallest absolute Gasteiger partial charge is 0.310 e. The lowest BCUT2D eigenvalue weighted by Crippen LogP contribution is -2.58. The molecule has 36 heavy (non-hydrogen) atoms. The van der Waals surface area contributed by atoms with Crippen LogP contribution in [0.15, 0.2) is 18.2 Å². The molecule has 2 saturated heterocycles. The molecule has 3 rings (SSSR count). The minimum Gasteiger partial charge on any atom is -0.433 e. The van der Waals surface area contributed by atoms with Crippen molar-refractivity contribution >= 4 is 35.3 Å². The first-order valence-corrected chi connectivity index (χ1v) is 12.9. The van der Waals surface area contributed by atoms with E-state index in [9.17, 15) is 19.2 Å². The van der Waals surface area contributed by atoms with Crippen LogP contribution in [-0.2, 0) is 30.3 Å². The normalized spacial score (nSPS) is 22.8. The fraction of sp³-hybridized carbons (Fsp3) is 0.615. The summed E-state index contributed by atoms with van der Waals surface area (Å²) >= 11 is 6.44. The second-order valence-corrected chi connectivity index (χ2v) is 10.6. The van der Waals surface area contributed by atoms with Gasteiger partial charge in [-0.3, -0.25) is 19.2 Å². The molecule has 4 atom stereocenters. The Morgan fingerprint density at radius 2 is 1.97 bits per heavy atom. The Morgan fingerprint density at radius 3 is 2.61 bits per heavy atom. The van der Waals surface area contributed by atoms with Crippen molar-refractivity contribution in [2.45, 2.75) is 84.7 Å². The first kappa shape index (κ1) is 27.9. The van der Waals surface area contributed by atoms with Crippen LogP contribution < -0.4 is 10.6 Å². The molecule has 2 fully saturated rings. The van der Waals surface area contributed by atoms with Gasteiger partial charge in [-0.15, -0.1) is 0 Å². The number of benzene rings is 1.